The predicted molar refractivity (Wildman–Crippen MR) is 91.9 cm³/mol. The van der Waals surface area contributed by atoms with E-state index in [0.29, 0.717) is 21.8 Å². The Hall–Kier alpha value is -2.48. The van der Waals surface area contributed by atoms with Gasteiger partial charge in [-0.25, -0.2) is 9.78 Å². The lowest BCUT2D eigenvalue weighted by atomic mass is 9.80. The second-order valence-corrected chi connectivity index (χ2v) is 6.66. The highest BCUT2D eigenvalue weighted by atomic mass is 32.1. The number of nitrogens with zero attached hydrogens (tertiary/aromatic N) is 2. The summed E-state index contributed by atoms with van der Waals surface area (Å²) in [5, 5.41) is 0. The average molecular weight is 362 g/mol. The van der Waals surface area contributed by atoms with Crippen molar-refractivity contribution in [2.75, 3.05) is 13.7 Å². The summed E-state index contributed by atoms with van der Waals surface area (Å²) in [4.78, 5) is 41.8. The fourth-order valence-corrected chi connectivity index (χ4v) is 3.83. The maximum absolute atomic E-state index is 12.9. The number of methoxy groups -OCH3 is 1. The van der Waals surface area contributed by atoms with Gasteiger partial charge in [-0.05, 0) is 19.8 Å². The van der Waals surface area contributed by atoms with Crippen molar-refractivity contribution >= 4 is 28.2 Å². The van der Waals surface area contributed by atoms with Gasteiger partial charge in [-0.1, -0.05) is 23.5 Å². The molecular weight excluding hydrogens is 344 g/mol. The highest BCUT2D eigenvalue weighted by molar-refractivity contribution is 7.18. The Labute approximate surface area is 147 Å². The maximum atomic E-state index is 12.9. The van der Waals surface area contributed by atoms with E-state index in [2.05, 4.69) is 4.98 Å². The molecule has 8 heteroatoms. The molecule has 2 atom stereocenters. The van der Waals surface area contributed by atoms with Crippen LogP contribution >= 0.6 is 11.3 Å². The van der Waals surface area contributed by atoms with E-state index < -0.39 is 11.9 Å². The number of carbonyl (C=O) groups is 2. The van der Waals surface area contributed by atoms with E-state index in [1.165, 1.54) is 23.9 Å². The molecule has 7 nitrogen and oxygen atoms in total. The Morgan fingerprint density at radius 3 is 2.96 bits per heavy atom. The molecule has 0 bridgehead atoms. The van der Waals surface area contributed by atoms with Crippen molar-refractivity contribution in [1.29, 1.82) is 0 Å². The van der Waals surface area contributed by atoms with Gasteiger partial charge in [0.05, 0.1) is 19.6 Å². The number of fused-ring (bicyclic) bond motifs is 1. The third-order valence-electron chi connectivity index (χ3n) is 4.19. The van der Waals surface area contributed by atoms with E-state index in [4.69, 9.17) is 9.47 Å². The van der Waals surface area contributed by atoms with Gasteiger partial charge < -0.3 is 9.47 Å². The zero-order chi connectivity index (χ0) is 18.0. The Kier molecular flexibility index (Phi) is 4.98. The van der Waals surface area contributed by atoms with Gasteiger partial charge in [0.15, 0.2) is 4.96 Å². The van der Waals surface area contributed by atoms with Gasteiger partial charge in [-0.15, -0.1) is 0 Å². The largest absolute Gasteiger partial charge is 0.469 e. The number of hydrogen-bond donors (Lipinski definition) is 0. The first-order chi connectivity index (χ1) is 12.1. The van der Waals surface area contributed by atoms with Gasteiger partial charge in [0, 0.05) is 23.9 Å². The minimum atomic E-state index is -0.482. The van der Waals surface area contributed by atoms with Crippen LogP contribution in [0.5, 0.6) is 0 Å². The van der Waals surface area contributed by atoms with Crippen molar-refractivity contribution in [3.8, 4) is 0 Å². The van der Waals surface area contributed by atoms with Gasteiger partial charge in [0.1, 0.15) is 4.88 Å². The quantitative estimate of drug-likeness (QED) is 0.612. The van der Waals surface area contributed by atoms with Crippen LogP contribution in [0.15, 0.2) is 29.3 Å². The van der Waals surface area contributed by atoms with Crippen LogP contribution in [0.25, 0.3) is 4.96 Å². The fraction of sp³-hybridized carbons (Fsp3) is 0.412. The molecule has 0 spiro atoms. The number of thiazole rings is 1. The molecule has 3 rings (SSSR count). The van der Waals surface area contributed by atoms with Crippen LogP contribution in [0.1, 0.15) is 40.9 Å². The van der Waals surface area contributed by atoms with Gasteiger partial charge in [-0.2, -0.15) is 0 Å². The van der Waals surface area contributed by atoms with Crippen molar-refractivity contribution in [2.24, 2.45) is 5.92 Å². The molecule has 0 amide bonds. The van der Waals surface area contributed by atoms with Gasteiger partial charge in [0.2, 0.25) is 0 Å². The standard InChI is InChI=1S/C17H18N2O5S/c1-3-24-16(22)13-9-19-14(20)12(8-18-17(19)25-13)10-6-4-5-7-11(10)15(21)23-2/h4,6,8-11H,3,5,7H2,1-2H3/t10-,11+/m0/s1. The summed E-state index contributed by atoms with van der Waals surface area (Å²) >= 11 is 1.09. The summed E-state index contributed by atoms with van der Waals surface area (Å²) in [6.45, 7) is 1.98. The number of esters is 2. The first-order valence-electron chi connectivity index (χ1n) is 7.99. The molecule has 0 saturated heterocycles. The van der Waals surface area contributed by atoms with Crippen LogP contribution in [0.2, 0.25) is 0 Å². The lowest BCUT2D eigenvalue weighted by molar-refractivity contribution is -0.146. The molecule has 25 heavy (non-hydrogen) atoms. The lowest BCUT2D eigenvalue weighted by Crippen LogP contribution is -2.30. The summed E-state index contributed by atoms with van der Waals surface area (Å²) in [5.74, 6) is -1.62. The first kappa shape index (κ1) is 17.3. The van der Waals surface area contributed by atoms with Crippen LogP contribution in [0, 0.1) is 5.92 Å². The fourth-order valence-electron chi connectivity index (χ4n) is 2.99. The highest BCUT2D eigenvalue weighted by Gasteiger charge is 2.32. The third-order valence-corrected chi connectivity index (χ3v) is 5.17. The second kappa shape index (κ2) is 7.18. The zero-order valence-corrected chi connectivity index (χ0v) is 14.7. The van der Waals surface area contributed by atoms with Gasteiger partial charge in [-0.3, -0.25) is 14.0 Å². The molecule has 2 aromatic rings. The maximum Gasteiger partial charge on any atom is 0.349 e. The van der Waals surface area contributed by atoms with E-state index in [1.54, 1.807) is 6.92 Å². The van der Waals surface area contributed by atoms with Crippen molar-refractivity contribution in [3.05, 3.63) is 45.3 Å². The Bertz CT molecular complexity index is 898. The summed E-state index contributed by atoms with van der Waals surface area (Å²) in [7, 11) is 1.34. The summed E-state index contributed by atoms with van der Waals surface area (Å²) in [6.07, 6.45) is 8.12. The van der Waals surface area contributed by atoms with E-state index in [1.807, 2.05) is 12.2 Å². The number of carbonyl (C=O) groups excluding carboxylic acids is 2. The van der Waals surface area contributed by atoms with E-state index in [-0.39, 0.29) is 24.1 Å². The van der Waals surface area contributed by atoms with Crippen molar-refractivity contribution in [2.45, 2.75) is 25.7 Å². The lowest BCUT2D eigenvalue weighted by Gasteiger charge is -2.24. The van der Waals surface area contributed by atoms with Crippen LogP contribution in [-0.2, 0) is 14.3 Å². The molecule has 1 aliphatic rings. The molecule has 2 aromatic heterocycles. The predicted octanol–water partition coefficient (Wildman–Crippen LogP) is 2.16. The Balaban J connectivity index is 2.05. The summed E-state index contributed by atoms with van der Waals surface area (Å²) in [6, 6.07) is 0. The smallest absolute Gasteiger partial charge is 0.349 e. The number of ether oxygens (including phenoxy) is 2. The van der Waals surface area contributed by atoms with E-state index in [0.717, 1.165) is 17.8 Å². The Morgan fingerprint density at radius 1 is 1.44 bits per heavy atom. The molecule has 132 valence electrons. The minimum Gasteiger partial charge on any atom is -0.469 e. The Morgan fingerprint density at radius 2 is 2.24 bits per heavy atom. The molecule has 0 fully saturated rings. The van der Waals surface area contributed by atoms with Gasteiger partial charge in [0.25, 0.3) is 5.56 Å². The topological polar surface area (TPSA) is 87.0 Å². The normalized spacial score (nSPS) is 19.8. The van der Waals surface area contributed by atoms with E-state index in [9.17, 15) is 14.4 Å². The zero-order valence-electron chi connectivity index (χ0n) is 13.9. The molecule has 0 radical (unpaired) electrons. The number of aromatic nitrogens is 2. The molecule has 2 heterocycles. The monoisotopic (exact) mass is 362 g/mol. The van der Waals surface area contributed by atoms with Crippen LogP contribution in [0.3, 0.4) is 0 Å². The molecule has 0 aromatic carbocycles. The molecule has 0 unspecified atom stereocenters. The highest BCUT2D eigenvalue weighted by Crippen LogP contribution is 2.33. The molecule has 0 aliphatic heterocycles. The molecular formula is C17H18N2O5S. The second-order valence-electron chi connectivity index (χ2n) is 5.65. The van der Waals surface area contributed by atoms with Crippen LogP contribution in [-0.4, -0.2) is 35.0 Å². The number of allylic oxidation sites excluding steroid dienone is 2. The average Bonchev–Trinajstić information content (AvgIpc) is 3.07. The molecule has 0 N–H and O–H groups in total. The summed E-state index contributed by atoms with van der Waals surface area (Å²) in [5.41, 5.74) is 0.124. The number of hydrogen-bond acceptors (Lipinski definition) is 7. The summed E-state index contributed by atoms with van der Waals surface area (Å²) < 4.78 is 11.2. The SMILES string of the molecule is CCOC(=O)c1cn2c(=O)c([C@H]3C=CCC[C@H]3C(=O)OC)cnc2s1. The first-order valence-corrected chi connectivity index (χ1v) is 8.81. The molecule has 0 saturated carbocycles. The van der Waals surface area contributed by atoms with Crippen molar-refractivity contribution < 1.29 is 19.1 Å². The van der Waals surface area contributed by atoms with Crippen molar-refractivity contribution in [3.63, 3.8) is 0 Å². The van der Waals surface area contributed by atoms with Crippen LogP contribution in [0.4, 0.5) is 0 Å². The van der Waals surface area contributed by atoms with Crippen LogP contribution < -0.4 is 5.56 Å². The van der Waals surface area contributed by atoms with Crippen molar-refractivity contribution in [1.82, 2.24) is 9.38 Å². The number of rotatable bonds is 4. The van der Waals surface area contributed by atoms with Gasteiger partial charge >= 0.3 is 11.9 Å². The van der Waals surface area contributed by atoms with E-state index >= 15 is 0 Å². The minimum absolute atomic E-state index is 0.258. The third kappa shape index (κ3) is 3.21. The molecule has 1 aliphatic carbocycles.